The number of ether oxygens (including phenoxy) is 1. The molecule has 1 aliphatic rings. The van der Waals surface area contributed by atoms with Crippen molar-refractivity contribution < 1.29 is 29.3 Å². The SMILES string of the molecule is CCO/C=C/C(=O)N1C[C@H](C)N(CCCc2ccccc2)C[C@H]1C.O=C(O)/C=C\C(=O)O. The molecule has 1 saturated heterocycles. The molecular weight excluding hydrogens is 412 g/mol. The third-order valence-electron chi connectivity index (χ3n) is 4.99. The van der Waals surface area contributed by atoms with Crippen LogP contribution in [-0.2, 0) is 25.5 Å². The Bertz CT molecular complexity index is 762. The van der Waals surface area contributed by atoms with Crippen LogP contribution in [0, 0.1) is 0 Å². The Morgan fingerprint density at radius 2 is 1.62 bits per heavy atom. The second-order valence-corrected chi connectivity index (χ2v) is 7.54. The Hall–Kier alpha value is -3.13. The zero-order chi connectivity index (χ0) is 23.9. The van der Waals surface area contributed by atoms with Crippen LogP contribution in [0.15, 0.2) is 54.8 Å². The lowest BCUT2D eigenvalue weighted by Gasteiger charge is -2.43. The summed E-state index contributed by atoms with van der Waals surface area (Å²) in [7, 11) is 0. The second kappa shape index (κ2) is 14.8. The van der Waals surface area contributed by atoms with E-state index < -0.39 is 11.9 Å². The van der Waals surface area contributed by atoms with Crippen LogP contribution in [0.4, 0.5) is 0 Å². The third kappa shape index (κ3) is 10.8. The molecular formula is C24H34N2O6. The normalized spacial score (nSPS) is 18.9. The maximum Gasteiger partial charge on any atom is 0.328 e. The molecule has 0 radical (unpaired) electrons. The summed E-state index contributed by atoms with van der Waals surface area (Å²) in [5.74, 6) is -2.47. The molecule has 176 valence electrons. The number of rotatable bonds is 9. The molecule has 0 aromatic heterocycles. The quantitative estimate of drug-likeness (QED) is 0.444. The molecule has 0 spiro atoms. The number of aryl methyl sites for hydroxylation is 1. The lowest BCUT2D eigenvalue weighted by molar-refractivity contribution is -0.134. The molecule has 1 aromatic rings. The van der Waals surface area contributed by atoms with Crippen LogP contribution >= 0.6 is 0 Å². The highest BCUT2D eigenvalue weighted by atomic mass is 16.5. The number of piperazine rings is 1. The molecule has 1 heterocycles. The first kappa shape index (κ1) is 26.9. The number of amides is 1. The van der Waals surface area contributed by atoms with E-state index in [0.29, 0.717) is 24.8 Å². The largest absolute Gasteiger partial charge is 0.501 e. The second-order valence-electron chi connectivity index (χ2n) is 7.54. The molecule has 32 heavy (non-hydrogen) atoms. The van der Waals surface area contributed by atoms with E-state index in [1.54, 1.807) is 0 Å². The first-order chi connectivity index (χ1) is 15.2. The van der Waals surface area contributed by atoms with Crippen molar-refractivity contribution in [2.24, 2.45) is 0 Å². The Morgan fingerprint density at radius 1 is 1.00 bits per heavy atom. The summed E-state index contributed by atoms with van der Waals surface area (Å²) in [5.41, 5.74) is 1.40. The molecule has 1 fully saturated rings. The fourth-order valence-electron chi connectivity index (χ4n) is 3.39. The number of hydrogen-bond donors (Lipinski definition) is 2. The van der Waals surface area contributed by atoms with E-state index in [0.717, 1.165) is 32.5 Å². The van der Waals surface area contributed by atoms with Crippen LogP contribution in [-0.4, -0.2) is 76.2 Å². The number of hydrogen-bond acceptors (Lipinski definition) is 5. The van der Waals surface area contributed by atoms with Crippen molar-refractivity contribution in [1.29, 1.82) is 0 Å². The van der Waals surface area contributed by atoms with Crippen molar-refractivity contribution >= 4 is 17.8 Å². The van der Waals surface area contributed by atoms with Gasteiger partial charge in [0, 0.05) is 43.4 Å². The average Bonchev–Trinajstić information content (AvgIpc) is 2.75. The summed E-state index contributed by atoms with van der Waals surface area (Å²) in [6.07, 6.45) is 6.42. The smallest absolute Gasteiger partial charge is 0.328 e. The minimum Gasteiger partial charge on any atom is -0.501 e. The van der Waals surface area contributed by atoms with Crippen molar-refractivity contribution in [2.45, 2.75) is 45.7 Å². The van der Waals surface area contributed by atoms with Crippen molar-refractivity contribution in [3.05, 3.63) is 60.4 Å². The lowest BCUT2D eigenvalue weighted by Crippen LogP contribution is -2.57. The zero-order valence-corrected chi connectivity index (χ0v) is 19.0. The molecule has 1 aromatic carbocycles. The molecule has 8 heteroatoms. The van der Waals surface area contributed by atoms with Gasteiger partial charge in [0.25, 0.3) is 0 Å². The monoisotopic (exact) mass is 446 g/mol. The predicted molar refractivity (Wildman–Crippen MR) is 122 cm³/mol. The summed E-state index contributed by atoms with van der Waals surface area (Å²) in [5, 5.41) is 15.6. The summed E-state index contributed by atoms with van der Waals surface area (Å²) >= 11 is 0. The van der Waals surface area contributed by atoms with Gasteiger partial charge in [-0.1, -0.05) is 30.3 Å². The third-order valence-corrected chi connectivity index (χ3v) is 4.99. The van der Waals surface area contributed by atoms with E-state index >= 15 is 0 Å². The lowest BCUT2D eigenvalue weighted by atomic mass is 10.1. The predicted octanol–water partition coefficient (Wildman–Crippen LogP) is 2.80. The van der Waals surface area contributed by atoms with E-state index in [1.165, 1.54) is 17.9 Å². The fourth-order valence-corrected chi connectivity index (χ4v) is 3.39. The topological polar surface area (TPSA) is 107 Å². The number of carboxylic acids is 2. The van der Waals surface area contributed by atoms with Gasteiger partial charge in [-0.3, -0.25) is 9.69 Å². The van der Waals surface area contributed by atoms with E-state index in [2.05, 4.69) is 49.1 Å². The molecule has 0 aliphatic carbocycles. The average molecular weight is 447 g/mol. The summed E-state index contributed by atoms with van der Waals surface area (Å²) in [4.78, 5) is 35.8. The van der Waals surface area contributed by atoms with Gasteiger partial charge in [0.15, 0.2) is 0 Å². The number of carboxylic acid groups (broad SMARTS) is 2. The maximum absolute atomic E-state index is 12.3. The van der Waals surface area contributed by atoms with Gasteiger partial charge in [-0.05, 0) is 45.7 Å². The van der Waals surface area contributed by atoms with Crippen LogP contribution in [0.25, 0.3) is 0 Å². The zero-order valence-electron chi connectivity index (χ0n) is 19.0. The number of nitrogens with zero attached hydrogens (tertiary/aromatic N) is 2. The van der Waals surface area contributed by atoms with Crippen molar-refractivity contribution in [2.75, 3.05) is 26.2 Å². The first-order valence-corrected chi connectivity index (χ1v) is 10.7. The molecule has 0 unspecified atom stereocenters. The van der Waals surface area contributed by atoms with Crippen LogP contribution in [0.2, 0.25) is 0 Å². The van der Waals surface area contributed by atoms with Crippen molar-refractivity contribution in [1.82, 2.24) is 9.80 Å². The van der Waals surface area contributed by atoms with Crippen molar-refractivity contribution in [3.8, 4) is 0 Å². The van der Waals surface area contributed by atoms with Crippen LogP contribution in [0.5, 0.6) is 0 Å². The molecule has 2 atom stereocenters. The van der Waals surface area contributed by atoms with Gasteiger partial charge < -0.3 is 19.8 Å². The molecule has 8 nitrogen and oxygen atoms in total. The van der Waals surface area contributed by atoms with Gasteiger partial charge in [-0.15, -0.1) is 0 Å². The van der Waals surface area contributed by atoms with Crippen molar-refractivity contribution in [3.63, 3.8) is 0 Å². The van der Waals surface area contributed by atoms with Crippen LogP contribution in [0.1, 0.15) is 32.8 Å². The van der Waals surface area contributed by atoms with E-state index in [1.807, 2.05) is 11.8 Å². The minimum atomic E-state index is -1.26. The molecule has 2 N–H and O–H groups in total. The summed E-state index contributed by atoms with van der Waals surface area (Å²) < 4.78 is 5.13. The van der Waals surface area contributed by atoms with Gasteiger partial charge in [0.2, 0.25) is 5.91 Å². The van der Waals surface area contributed by atoms with Gasteiger partial charge in [0.1, 0.15) is 0 Å². The minimum absolute atomic E-state index is 0.0479. The molecule has 0 bridgehead atoms. The highest BCUT2D eigenvalue weighted by molar-refractivity contribution is 5.89. The van der Waals surface area contributed by atoms with Gasteiger partial charge in [-0.2, -0.15) is 0 Å². The molecule has 2 rings (SSSR count). The van der Waals surface area contributed by atoms with Gasteiger partial charge in [-0.25, -0.2) is 9.59 Å². The Labute approximate surface area is 189 Å². The van der Waals surface area contributed by atoms with Crippen LogP contribution < -0.4 is 0 Å². The highest BCUT2D eigenvalue weighted by Crippen LogP contribution is 2.17. The standard InChI is InChI=1S/C20H30N2O2.C4H4O4/c1-4-24-14-12-20(23)22-16-17(2)21(15-18(22)3)13-8-11-19-9-6-5-7-10-19;5-3(6)1-2-4(7)8/h5-7,9-10,12,14,17-18H,4,8,11,13,15-16H2,1-3H3;1-2H,(H,5,6)(H,7,8)/b14-12+;2-1-/t17-,18+;/m0./s1. The molecule has 0 saturated carbocycles. The van der Waals surface area contributed by atoms with Gasteiger partial charge in [0.05, 0.1) is 12.9 Å². The van der Waals surface area contributed by atoms with E-state index in [9.17, 15) is 14.4 Å². The fraction of sp³-hybridized carbons (Fsp3) is 0.458. The number of carbonyl (C=O) groups excluding carboxylic acids is 1. The highest BCUT2D eigenvalue weighted by Gasteiger charge is 2.30. The molecule has 1 amide bonds. The number of benzene rings is 1. The number of aliphatic carboxylic acids is 2. The van der Waals surface area contributed by atoms with E-state index in [-0.39, 0.29) is 11.9 Å². The van der Waals surface area contributed by atoms with Crippen LogP contribution in [0.3, 0.4) is 0 Å². The molecule has 1 aliphatic heterocycles. The Morgan fingerprint density at radius 3 is 2.19 bits per heavy atom. The number of carbonyl (C=O) groups is 3. The Kier molecular flexibility index (Phi) is 12.4. The maximum atomic E-state index is 12.3. The first-order valence-electron chi connectivity index (χ1n) is 10.7. The summed E-state index contributed by atoms with van der Waals surface area (Å²) in [6, 6.07) is 11.3. The Balaban J connectivity index is 0.000000547. The van der Waals surface area contributed by atoms with Gasteiger partial charge >= 0.3 is 11.9 Å². The van der Waals surface area contributed by atoms with E-state index in [4.69, 9.17) is 14.9 Å². The summed E-state index contributed by atoms with van der Waals surface area (Å²) in [6.45, 7) is 9.63.